The number of hydrogen-bond acceptors (Lipinski definition) is 7. The molecule has 0 bridgehead atoms. The quantitative estimate of drug-likeness (QED) is 0.289. The molecule has 0 radical (unpaired) electrons. The summed E-state index contributed by atoms with van der Waals surface area (Å²) in [7, 11) is 0. The van der Waals surface area contributed by atoms with E-state index >= 15 is 8.78 Å². The lowest BCUT2D eigenvalue weighted by Crippen LogP contribution is -2.50. The highest BCUT2D eigenvalue weighted by Crippen LogP contribution is 2.40. The topological polar surface area (TPSA) is 90.9 Å². The molecule has 4 aromatic rings. The Morgan fingerprint density at radius 2 is 1.64 bits per heavy atom. The number of carbonyl (C=O) groups excluding carboxylic acids is 2. The van der Waals surface area contributed by atoms with Crippen molar-refractivity contribution in [1.82, 2.24) is 14.9 Å². The normalized spacial score (nSPS) is 18.3. The van der Waals surface area contributed by atoms with E-state index in [0.29, 0.717) is 31.7 Å². The number of nitrogens with zero attached hydrogens (tertiary/aromatic N) is 5. The molecule has 11 heteroatoms. The van der Waals surface area contributed by atoms with Crippen LogP contribution < -0.4 is 15.1 Å². The predicted octanol–water partition coefficient (Wildman–Crippen LogP) is 5.30. The van der Waals surface area contributed by atoms with Crippen LogP contribution in [0.3, 0.4) is 0 Å². The van der Waals surface area contributed by atoms with Gasteiger partial charge in [-0.2, -0.15) is 0 Å². The number of esters is 1. The standard InChI is InChI=1S/C33H32F2N6O3/c34-28-11-5-4-10-26(28)27-12-15-37-30(41-16-13-33(35,23-41)31(42)44-22-24-7-2-1-3-8-24)29(27)38-32(43)40-19-17-39(18-20-40)25-9-6-14-36-21-25/h1-12,14-15,21H,13,16-20,22-23H2,(H,38,43). The zero-order valence-corrected chi connectivity index (χ0v) is 24.0. The molecule has 6 rings (SSSR count). The number of aromatic nitrogens is 2. The number of nitrogens with one attached hydrogen (secondary N) is 1. The molecular weight excluding hydrogens is 566 g/mol. The number of benzene rings is 2. The maximum absolute atomic E-state index is 16.0. The Hall–Kier alpha value is -5.06. The molecule has 1 N–H and O–H groups in total. The van der Waals surface area contributed by atoms with E-state index in [1.54, 1.807) is 58.6 Å². The van der Waals surface area contributed by atoms with Crippen molar-refractivity contribution < 1.29 is 23.1 Å². The van der Waals surface area contributed by atoms with Crippen LogP contribution in [0.4, 0.5) is 30.8 Å². The van der Waals surface area contributed by atoms with Crippen LogP contribution >= 0.6 is 0 Å². The lowest BCUT2D eigenvalue weighted by molar-refractivity contribution is -0.157. The first-order valence-electron chi connectivity index (χ1n) is 14.5. The first kappa shape index (κ1) is 29.0. The van der Waals surface area contributed by atoms with Crippen LogP contribution in [0, 0.1) is 5.82 Å². The summed E-state index contributed by atoms with van der Waals surface area (Å²) in [4.78, 5) is 40.6. The van der Waals surface area contributed by atoms with E-state index < -0.39 is 17.5 Å². The average molecular weight is 599 g/mol. The van der Waals surface area contributed by atoms with E-state index in [2.05, 4.69) is 20.2 Å². The number of anilines is 3. The third-order valence-corrected chi connectivity index (χ3v) is 8.00. The van der Waals surface area contributed by atoms with Crippen molar-refractivity contribution in [2.75, 3.05) is 54.4 Å². The van der Waals surface area contributed by atoms with E-state index in [4.69, 9.17) is 4.74 Å². The fourth-order valence-electron chi connectivity index (χ4n) is 5.59. The van der Waals surface area contributed by atoms with Crippen LogP contribution in [-0.2, 0) is 16.1 Å². The molecule has 1 unspecified atom stereocenters. The van der Waals surface area contributed by atoms with Crippen LogP contribution in [0.2, 0.25) is 0 Å². The van der Waals surface area contributed by atoms with Crippen molar-refractivity contribution in [1.29, 1.82) is 0 Å². The second-order valence-corrected chi connectivity index (χ2v) is 10.9. The Kier molecular flexibility index (Phi) is 8.36. The maximum Gasteiger partial charge on any atom is 0.346 e. The number of alkyl halides is 1. The number of carbonyl (C=O) groups is 2. The molecule has 1 atom stereocenters. The number of ether oxygens (including phenoxy) is 1. The van der Waals surface area contributed by atoms with E-state index in [1.807, 2.05) is 30.3 Å². The summed E-state index contributed by atoms with van der Waals surface area (Å²) in [6.07, 6.45) is 4.88. The molecule has 2 aromatic heterocycles. The summed E-state index contributed by atoms with van der Waals surface area (Å²) in [5, 5.41) is 2.96. The van der Waals surface area contributed by atoms with E-state index in [0.717, 1.165) is 11.3 Å². The highest BCUT2D eigenvalue weighted by atomic mass is 19.1. The van der Waals surface area contributed by atoms with Gasteiger partial charge in [-0.25, -0.2) is 23.4 Å². The molecule has 4 heterocycles. The van der Waals surface area contributed by atoms with Gasteiger partial charge in [0.15, 0.2) is 5.82 Å². The average Bonchev–Trinajstić information content (AvgIpc) is 3.48. The minimum Gasteiger partial charge on any atom is -0.458 e. The van der Waals surface area contributed by atoms with E-state index in [1.165, 1.54) is 12.3 Å². The van der Waals surface area contributed by atoms with Gasteiger partial charge in [0.25, 0.3) is 0 Å². The fourth-order valence-corrected chi connectivity index (χ4v) is 5.59. The third kappa shape index (κ3) is 6.17. The number of rotatable bonds is 7. The van der Waals surface area contributed by atoms with Crippen LogP contribution in [-0.4, -0.2) is 71.8 Å². The number of amides is 2. The molecule has 44 heavy (non-hydrogen) atoms. The van der Waals surface area contributed by atoms with Gasteiger partial charge in [0.05, 0.1) is 24.1 Å². The van der Waals surface area contributed by atoms with Crippen LogP contribution in [0.15, 0.2) is 91.4 Å². The van der Waals surface area contributed by atoms with Gasteiger partial charge in [-0.1, -0.05) is 48.5 Å². The molecule has 2 aliphatic heterocycles. The summed E-state index contributed by atoms with van der Waals surface area (Å²) in [6, 6.07) is 20.4. The molecular formula is C33H32F2N6O3. The number of urea groups is 1. The Bertz CT molecular complexity index is 1620. The minimum absolute atomic E-state index is 0.0400. The predicted molar refractivity (Wildman–Crippen MR) is 164 cm³/mol. The second kappa shape index (κ2) is 12.7. The van der Waals surface area contributed by atoms with Gasteiger partial charge in [0, 0.05) is 62.7 Å². The van der Waals surface area contributed by atoms with Crippen molar-refractivity contribution in [2.45, 2.75) is 18.7 Å². The van der Waals surface area contributed by atoms with E-state index in [-0.39, 0.29) is 49.2 Å². The van der Waals surface area contributed by atoms with Gasteiger partial charge < -0.3 is 24.8 Å². The van der Waals surface area contributed by atoms with Gasteiger partial charge in [-0.3, -0.25) is 4.98 Å². The summed E-state index contributed by atoms with van der Waals surface area (Å²) < 4.78 is 36.3. The van der Waals surface area contributed by atoms with Crippen molar-refractivity contribution >= 4 is 29.2 Å². The number of piperazine rings is 1. The third-order valence-electron chi connectivity index (χ3n) is 8.00. The summed E-state index contributed by atoms with van der Waals surface area (Å²) in [6.45, 7) is 1.92. The van der Waals surface area contributed by atoms with Crippen LogP contribution in [0.1, 0.15) is 12.0 Å². The molecule has 0 saturated carbocycles. The second-order valence-electron chi connectivity index (χ2n) is 10.9. The molecule has 226 valence electrons. The lowest BCUT2D eigenvalue weighted by atomic mass is 10.0. The lowest BCUT2D eigenvalue weighted by Gasteiger charge is -2.36. The van der Waals surface area contributed by atoms with Crippen LogP contribution in [0.25, 0.3) is 11.1 Å². The van der Waals surface area contributed by atoms with Crippen molar-refractivity contribution in [3.05, 3.63) is 103 Å². The first-order valence-corrected chi connectivity index (χ1v) is 14.5. The molecule has 9 nitrogen and oxygen atoms in total. The number of hydrogen-bond donors (Lipinski definition) is 1. The Morgan fingerprint density at radius 3 is 2.39 bits per heavy atom. The van der Waals surface area contributed by atoms with Crippen LogP contribution in [0.5, 0.6) is 0 Å². The molecule has 2 aromatic carbocycles. The summed E-state index contributed by atoms with van der Waals surface area (Å²) in [5.41, 5.74) is 0.382. The zero-order valence-electron chi connectivity index (χ0n) is 24.0. The Labute approximate surface area is 254 Å². The van der Waals surface area contributed by atoms with Crippen molar-refractivity contribution in [3.63, 3.8) is 0 Å². The number of pyridine rings is 2. The monoisotopic (exact) mass is 598 g/mol. The Balaban J connectivity index is 1.22. The SMILES string of the molecule is O=C(Nc1c(-c2ccccc2F)ccnc1N1CCC(F)(C(=O)OCc2ccccc2)C1)N1CCN(c2cccnc2)CC1. The molecule has 2 fully saturated rings. The minimum atomic E-state index is -2.27. The van der Waals surface area contributed by atoms with Crippen molar-refractivity contribution in [3.8, 4) is 11.1 Å². The van der Waals surface area contributed by atoms with Gasteiger partial charge in [0.1, 0.15) is 12.4 Å². The van der Waals surface area contributed by atoms with E-state index in [9.17, 15) is 9.59 Å². The smallest absolute Gasteiger partial charge is 0.346 e. The molecule has 0 aliphatic carbocycles. The van der Waals surface area contributed by atoms with Gasteiger partial charge in [-0.05, 0) is 29.8 Å². The highest BCUT2D eigenvalue weighted by molar-refractivity contribution is 5.99. The summed E-state index contributed by atoms with van der Waals surface area (Å²) in [5.74, 6) is -1.18. The summed E-state index contributed by atoms with van der Waals surface area (Å²) >= 11 is 0. The maximum atomic E-state index is 16.0. The Morgan fingerprint density at radius 1 is 0.864 bits per heavy atom. The van der Waals surface area contributed by atoms with Gasteiger partial charge >= 0.3 is 12.0 Å². The van der Waals surface area contributed by atoms with Gasteiger partial charge in [-0.15, -0.1) is 0 Å². The highest BCUT2D eigenvalue weighted by Gasteiger charge is 2.48. The largest absolute Gasteiger partial charge is 0.458 e. The molecule has 2 amide bonds. The molecule has 2 saturated heterocycles. The zero-order chi connectivity index (χ0) is 30.5. The van der Waals surface area contributed by atoms with Gasteiger partial charge in [0.2, 0.25) is 5.67 Å². The first-order chi connectivity index (χ1) is 21.4. The van der Waals surface area contributed by atoms with Crippen molar-refractivity contribution in [2.24, 2.45) is 0 Å². The molecule has 2 aliphatic rings. The number of halogens is 2. The molecule has 0 spiro atoms. The fraction of sp³-hybridized carbons (Fsp3) is 0.273.